The Bertz CT molecular complexity index is 492. The number of aliphatic hydroxyl groups is 5. The van der Waals surface area contributed by atoms with Crippen molar-refractivity contribution in [1.82, 2.24) is 5.32 Å². The van der Waals surface area contributed by atoms with Crippen LogP contribution in [0.1, 0.15) is 96.8 Å². The van der Waals surface area contributed by atoms with Crippen molar-refractivity contribution in [2.24, 2.45) is 0 Å². The lowest BCUT2D eigenvalue weighted by molar-refractivity contribution is -0.889. The molecule has 0 aromatic heterocycles. The summed E-state index contributed by atoms with van der Waals surface area (Å²) in [5.74, 6) is -0.812. The topological polar surface area (TPSA) is 130 Å². The van der Waals surface area contributed by atoms with Crippen LogP contribution in [0.4, 0.5) is 0 Å². The normalized spacial score (nSPS) is 15.6. The van der Waals surface area contributed by atoms with Crippen molar-refractivity contribution in [2.45, 2.75) is 121 Å². The first kappa shape index (κ1) is 33.2. The number of likely N-dealkylation sites (N-methyl/N-ethyl adjacent to an activating group) is 1. The van der Waals surface area contributed by atoms with Gasteiger partial charge in [0.05, 0.1) is 40.3 Å². The molecule has 0 saturated carbocycles. The summed E-state index contributed by atoms with van der Waals surface area (Å²) in [6.45, 7) is 3.48. The lowest BCUT2D eigenvalue weighted by Crippen LogP contribution is -2.53. The van der Waals surface area contributed by atoms with E-state index in [0.29, 0.717) is 13.1 Å². The maximum Gasteiger partial charge on any atom is 0.251 e. The third-order valence-corrected chi connectivity index (χ3v) is 6.66. The van der Waals surface area contributed by atoms with Crippen molar-refractivity contribution in [1.29, 1.82) is 0 Å². The number of quaternary nitrogens is 1. The van der Waals surface area contributed by atoms with Gasteiger partial charge in [0.2, 0.25) is 0 Å². The van der Waals surface area contributed by atoms with Gasteiger partial charge in [-0.15, -0.1) is 0 Å². The molecule has 1 amide bonds. The van der Waals surface area contributed by atoms with Gasteiger partial charge in [-0.2, -0.15) is 0 Å². The van der Waals surface area contributed by atoms with E-state index in [1.807, 2.05) is 0 Å². The molecule has 34 heavy (non-hydrogen) atoms. The van der Waals surface area contributed by atoms with Crippen LogP contribution in [0.25, 0.3) is 0 Å². The Morgan fingerprint density at radius 3 is 1.59 bits per heavy atom. The Hall–Kier alpha value is -0.770. The van der Waals surface area contributed by atoms with Crippen molar-refractivity contribution in [3.63, 3.8) is 0 Å². The SMILES string of the molecule is CCCCCCCCCCCCCCCC[N+](C)(C)CCNC(=O)[C@H](O)[C@@H](O)[C@H](O)[C@H](O)CO. The van der Waals surface area contributed by atoms with Crippen molar-refractivity contribution >= 4 is 5.91 Å². The molecule has 0 fully saturated rings. The highest BCUT2D eigenvalue weighted by Crippen LogP contribution is 2.13. The second-order valence-corrected chi connectivity index (χ2v) is 10.4. The minimum Gasteiger partial charge on any atom is -0.394 e. The molecular weight excluding hydrogens is 436 g/mol. The van der Waals surface area contributed by atoms with Gasteiger partial charge in [-0.1, -0.05) is 84.0 Å². The van der Waals surface area contributed by atoms with E-state index in [2.05, 4.69) is 26.3 Å². The third-order valence-electron chi connectivity index (χ3n) is 6.66. The van der Waals surface area contributed by atoms with E-state index in [4.69, 9.17) is 5.11 Å². The van der Waals surface area contributed by atoms with E-state index in [9.17, 15) is 25.2 Å². The number of amides is 1. The molecule has 8 nitrogen and oxygen atoms in total. The zero-order valence-electron chi connectivity index (χ0n) is 22.1. The Morgan fingerprint density at radius 2 is 1.15 bits per heavy atom. The Balaban J connectivity index is 3.75. The second kappa shape index (κ2) is 20.4. The summed E-state index contributed by atoms with van der Waals surface area (Å²) < 4.78 is 0.739. The first-order valence-electron chi connectivity index (χ1n) is 13.6. The molecule has 0 saturated heterocycles. The minimum atomic E-state index is -1.88. The average molecular weight is 492 g/mol. The van der Waals surface area contributed by atoms with E-state index in [1.54, 1.807) is 0 Å². The first-order chi connectivity index (χ1) is 16.2. The summed E-state index contributed by atoms with van der Waals surface area (Å²) in [6, 6.07) is 0. The Kier molecular flexibility index (Phi) is 20.0. The van der Waals surface area contributed by atoms with Gasteiger partial charge >= 0.3 is 0 Å². The number of nitrogens with one attached hydrogen (secondary N) is 1. The molecule has 204 valence electrons. The van der Waals surface area contributed by atoms with E-state index in [0.717, 1.165) is 17.4 Å². The standard InChI is InChI=1S/C26H54N2O6/c1-4-5-6-7-8-9-10-11-12-13-14-15-16-17-19-28(2,3)20-18-27-26(34)25(33)24(32)23(31)22(30)21-29/h22-25,29-33H,4-21H2,1-3H3/p+1/t22-,23-,24+,25-/m1/s1. The van der Waals surface area contributed by atoms with Gasteiger partial charge in [0.1, 0.15) is 18.3 Å². The lowest BCUT2D eigenvalue weighted by Gasteiger charge is -2.30. The highest BCUT2D eigenvalue weighted by molar-refractivity contribution is 5.81. The molecule has 0 aliphatic heterocycles. The fourth-order valence-electron chi connectivity index (χ4n) is 4.11. The van der Waals surface area contributed by atoms with Crippen LogP contribution in [0.2, 0.25) is 0 Å². The predicted molar refractivity (Wildman–Crippen MR) is 136 cm³/mol. The minimum absolute atomic E-state index is 0.326. The van der Waals surface area contributed by atoms with Crippen LogP contribution in [-0.4, -0.2) is 101 Å². The van der Waals surface area contributed by atoms with Crippen LogP contribution in [0.5, 0.6) is 0 Å². The zero-order chi connectivity index (χ0) is 25.8. The average Bonchev–Trinajstić information content (AvgIpc) is 2.81. The summed E-state index contributed by atoms with van der Waals surface area (Å²) in [4.78, 5) is 12.0. The van der Waals surface area contributed by atoms with Crippen molar-refractivity contribution in [3.8, 4) is 0 Å². The highest BCUT2D eigenvalue weighted by Gasteiger charge is 2.34. The number of hydrogen-bond acceptors (Lipinski definition) is 6. The summed E-state index contributed by atoms with van der Waals surface area (Å²) in [5.41, 5.74) is 0. The maximum atomic E-state index is 12.0. The van der Waals surface area contributed by atoms with Crippen molar-refractivity contribution in [3.05, 3.63) is 0 Å². The van der Waals surface area contributed by atoms with Gasteiger partial charge in [-0.25, -0.2) is 0 Å². The molecule has 0 unspecified atom stereocenters. The lowest BCUT2D eigenvalue weighted by atomic mass is 10.0. The number of nitrogens with zero attached hydrogens (tertiary/aromatic N) is 1. The molecule has 6 N–H and O–H groups in total. The monoisotopic (exact) mass is 491 g/mol. The predicted octanol–water partition coefficient (Wildman–Crippen LogP) is 2.10. The number of carbonyl (C=O) groups is 1. The van der Waals surface area contributed by atoms with Crippen LogP contribution in [0, 0.1) is 0 Å². The van der Waals surface area contributed by atoms with E-state index >= 15 is 0 Å². The Morgan fingerprint density at radius 1 is 0.706 bits per heavy atom. The number of carbonyl (C=O) groups excluding carboxylic acids is 1. The Labute approximate surface area is 208 Å². The van der Waals surface area contributed by atoms with Gasteiger partial charge in [0.15, 0.2) is 6.10 Å². The largest absolute Gasteiger partial charge is 0.394 e. The number of aliphatic hydroxyl groups excluding tert-OH is 5. The van der Waals surface area contributed by atoms with Gasteiger partial charge in [0.25, 0.3) is 5.91 Å². The van der Waals surface area contributed by atoms with Crippen LogP contribution < -0.4 is 5.32 Å². The summed E-state index contributed by atoms with van der Waals surface area (Å²) in [7, 11) is 4.20. The second-order valence-electron chi connectivity index (χ2n) is 10.4. The molecule has 0 aromatic carbocycles. The fourth-order valence-corrected chi connectivity index (χ4v) is 4.11. The molecule has 0 heterocycles. The van der Waals surface area contributed by atoms with E-state index in [-0.39, 0.29) is 0 Å². The molecule has 0 aliphatic carbocycles. The molecule has 0 rings (SSSR count). The summed E-state index contributed by atoms with van der Waals surface area (Å²) in [6.07, 6.45) is 11.5. The van der Waals surface area contributed by atoms with Crippen LogP contribution in [-0.2, 0) is 4.79 Å². The summed E-state index contributed by atoms with van der Waals surface area (Å²) in [5, 5.41) is 49.9. The van der Waals surface area contributed by atoms with Gasteiger partial charge in [-0.3, -0.25) is 4.79 Å². The van der Waals surface area contributed by atoms with Crippen LogP contribution in [0.3, 0.4) is 0 Å². The quantitative estimate of drug-likeness (QED) is 0.0959. The first-order valence-corrected chi connectivity index (χ1v) is 13.6. The molecule has 0 aliphatic rings. The molecular formula is C26H55N2O6+. The van der Waals surface area contributed by atoms with E-state index < -0.39 is 36.9 Å². The highest BCUT2D eigenvalue weighted by atomic mass is 16.4. The van der Waals surface area contributed by atoms with E-state index in [1.165, 1.54) is 83.5 Å². The van der Waals surface area contributed by atoms with Gasteiger partial charge in [-0.05, 0) is 12.8 Å². The zero-order valence-corrected chi connectivity index (χ0v) is 22.1. The van der Waals surface area contributed by atoms with Crippen LogP contribution >= 0.6 is 0 Å². The fraction of sp³-hybridized carbons (Fsp3) is 0.962. The summed E-state index contributed by atoms with van der Waals surface area (Å²) >= 11 is 0. The smallest absolute Gasteiger partial charge is 0.251 e. The number of unbranched alkanes of at least 4 members (excludes halogenated alkanes) is 13. The number of rotatable bonds is 23. The maximum absolute atomic E-state index is 12.0. The number of hydrogen-bond donors (Lipinski definition) is 6. The molecule has 0 bridgehead atoms. The molecule has 4 atom stereocenters. The molecule has 0 radical (unpaired) electrons. The molecule has 0 spiro atoms. The van der Waals surface area contributed by atoms with Crippen molar-refractivity contribution in [2.75, 3.05) is 40.3 Å². The van der Waals surface area contributed by atoms with Crippen molar-refractivity contribution < 1.29 is 34.8 Å². The third kappa shape index (κ3) is 16.8. The van der Waals surface area contributed by atoms with Gasteiger partial charge < -0.3 is 35.3 Å². The molecule has 8 heteroatoms. The van der Waals surface area contributed by atoms with Crippen LogP contribution in [0.15, 0.2) is 0 Å². The molecule has 0 aromatic rings. The van der Waals surface area contributed by atoms with Gasteiger partial charge in [0, 0.05) is 0 Å².